The van der Waals surface area contributed by atoms with E-state index in [2.05, 4.69) is 0 Å². The van der Waals surface area contributed by atoms with Crippen molar-refractivity contribution in [3.8, 4) is 0 Å². The van der Waals surface area contributed by atoms with Crippen LogP contribution >= 0.6 is 0 Å². The third-order valence-corrected chi connectivity index (χ3v) is 7.39. The maximum Gasteiger partial charge on any atom is 0.339 e. The predicted molar refractivity (Wildman–Crippen MR) is 112 cm³/mol. The predicted octanol–water partition coefficient (Wildman–Crippen LogP) is 4.86. The summed E-state index contributed by atoms with van der Waals surface area (Å²) in [5, 5.41) is 0. The number of hydrogen-bond donors (Lipinski definition) is 0. The maximum atomic E-state index is 13.1. The van der Waals surface area contributed by atoms with Gasteiger partial charge in [-0.15, -0.1) is 0 Å². The van der Waals surface area contributed by atoms with E-state index in [0.29, 0.717) is 28.9 Å². The molecule has 0 saturated heterocycles. The molecule has 0 N–H and O–H groups in total. The van der Waals surface area contributed by atoms with Gasteiger partial charge >= 0.3 is 5.97 Å². The molecule has 4 saturated carbocycles. The van der Waals surface area contributed by atoms with Crippen molar-refractivity contribution in [2.24, 2.45) is 23.2 Å². The second-order valence-corrected chi connectivity index (χ2v) is 9.44. The summed E-state index contributed by atoms with van der Waals surface area (Å²) in [6.45, 7) is -0.196. The molecule has 0 spiro atoms. The molecule has 2 aromatic carbocycles. The van der Waals surface area contributed by atoms with E-state index in [1.165, 1.54) is 19.3 Å². The number of rotatable bonds is 6. The minimum absolute atomic E-state index is 0.0711. The van der Waals surface area contributed by atoms with Crippen molar-refractivity contribution in [1.82, 2.24) is 0 Å². The smallest absolute Gasteiger partial charge is 0.339 e. The van der Waals surface area contributed by atoms with E-state index in [1.807, 2.05) is 6.07 Å². The van der Waals surface area contributed by atoms with Crippen LogP contribution in [-0.2, 0) is 9.53 Å². The highest BCUT2D eigenvalue weighted by atomic mass is 16.5. The molecule has 4 heteroatoms. The van der Waals surface area contributed by atoms with Gasteiger partial charge in [0.1, 0.15) is 0 Å². The van der Waals surface area contributed by atoms with E-state index < -0.39 is 5.97 Å². The molecule has 4 aliphatic rings. The fourth-order valence-electron chi connectivity index (χ4n) is 6.42. The Balaban J connectivity index is 1.30. The summed E-state index contributed by atoms with van der Waals surface area (Å²) in [6.07, 6.45) is 6.67. The highest BCUT2D eigenvalue weighted by Gasteiger charge is 2.54. The van der Waals surface area contributed by atoms with Gasteiger partial charge in [-0.05, 0) is 62.3 Å². The van der Waals surface area contributed by atoms with E-state index in [0.717, 1.165) is 19.3 Å². The summed E-state index contributed by atoms with van der Waals surface area (Å²) in [6, 6.07) is 15.5. The Hall–Kier alpha value is -2.75. The molecular formula is C26H26O4. The van der Waals surface area contributed by atoms with Gasteiger partial charge in [-0.25, -0.2) is 4.79 Å². The van der Waals surface area contributed by atoms with Crippen molar-refractivity contribution in [2.75, 3.05) is 6.61 Å². The van der Waals surface area contributed by atoms with Crippen LogP contribution in [0.4, 0.5) is 0 Å². The van der Waals surface area contributed by atoms with Gasteiger partial charge in [-0.2, -0.15) is 0 Å². The zero-order chi connectivity index (χ0) is 20.7. The molecule has 2 aromatic rings. The Morgan fingerprint density at radius 1 is 0.767 bits per heavy atom. The SMILES string of the molecule is O=C(OCC(=O)C12CC3CC(CC(C3)C1)C2)c1ccccc1C(=O)c1ccccc1. The highest BCUT2D eigenvalue weighted by molar-refractivity contribution is 6.14. The standard InChI is InChI=1S/C26H26O4/c27-23(26-13-17-10-18(14-26)12-19(11-17)15-26)16-30-25(29)22-9-5-4-8-21(22)24(28)20-6-2-1-3-7-20/h1-9,17-19H,10-16H2. The third kappa shape index (κ3) is 3.38. The molecule has 4 fully saturated rings. The van der Waals surface area contributed by atoms with Gasteiger partial charge < -0.3 is 4.74 Å². The van der Waals surface area contributed by atoms with Crippen LogP contribution in [0.15, 0.2) is 54.6 Å². The summed E-state index contributed by atoms with van der Waals surface area (Å²) in [5.74, 6) is 1.24. The van der Waals surface area contributed by atoms with Gasteiger partial charge in [0.25, 0.3) is 0 Å². The summed E-state index contributed by atoms with van der Waals surface area (Å²) < 4.78 is 5.47. The Bertz CT molecular complexity index is 956. The number of Topliss-reactive ketones (excluding diaryl/α,β-unsaturated/α-hetero) is 1. The molecule has 0 aromatic heterocycles. The normalized spacial score (nSPS) is 28.9. The van der Waals surface area contributed by atoms with Crippen LogP contribution < -0.4 is 0 Å². The van der Waals surface area contributed by atoms with Crippen molar-refractivity contribution < 1.29 is 19.1 Å². The summed E-state index contributed by atoms with van der Waals surface area (Å²) in [5.41, 5.74) is 0.747. The van der Waals surface area contributed by atoms with E-state index in [-0.39, 0.29) is 29.2 Å². The lowest BCUT2D eigenvalue weighted by molar-refractivity contribution is -0.147. The van der Waals surface area contributed by atoms with E-state index in [4.69, 9.17) is 4.74 Å². The summed E-state index contributed by atoms with van der Waals surface area (Å²) in [7, 11) is 0. The number of ketones is 2. The molecule has 0 amide bonds. The quantitative estimate of drug-likeness (QED) is 0.511. The Morgan fingerprint density at radius 2 is 1.30 bits per heavy atom. The van der Waals surface area contributed by atoms with Crippen molar-refractivity contribution in [1.29, 1.82) is 0 Å². The van der Waals surface area contributed by atoms with Crippen molar-refractivity contribution in [3.63, 3.8) is 0 Å². The monoisotopic (exact) mass is 402 g/mol. The first-order valence-corrected chi connectivity index (χ1v) is 10.9. The topological polar surface area (TPSA) is 60.4 Å². The summed E-state index contributed by atoms with van der Waals surface area (Å²) in [4.78, 5) is 38.8. The number of esters is 1. The molecule has 0 heterocycles. The first-order chi connectivity index (χ1) is 14.5. The molecular weight excluding hydrogens is 376 g/mol. The molecule has 0 unspecified atom stereocenters. The van der Waals surface area contributed by atoms with Gasteiger partial charge in [0.15, 0.2) is 18.2 Å². The number of carbonyl (C=O) groups excluding carboxylic acids is 3. The van der Waals surface area contributed by atoms with Gasteiger partial charge in [-0.1, -0.05) is 48.5 Å². The van der Waals surface area contributed by atoms with Crippen molar-refractivity contribution >= 4 is 17.5 Å². The second kappa shape index (κ2) is 7.50. The minimum atomic E-state index is -0.604. The van der Waals surface area contributed by atoms with E-state index >= 15 is 0 Å². The van der Waals surface area contributed by atoms with Gasteiger partial charge in [0, 0.05) is 16.5 Å². The van der Waals surface area contributed by atoms with Crippen molar-refractivity contribution in [2.45, 2.75) is 38.5 Å². The molecule has 6 rings (SSSR count). The van der Waals surface area contributed by atoms with E-state index in [9.17, 15) is 14.4 Å². The molecule has 0 atom stereocenters. The van der Waals surface area contributed by atoms with Crippen LogP contribution in [0, 0.1) is 23.2 Å². The lowest BCUT2D eigenvalue weighted by Crippen LogP contribution is -2.51. The van der Waals surface area contributed by atoms with E-state index in [1.54, 1.807) is 48.5 Å². The Kier molecular flexibility index (Phi) is 4.80. The van der Waals surface area contributed by atoms with Crippen LogP contribution in [0.5, 0.6) is 0 Å². The number of benzene rings is 2. The number of carbonyl (C=O) groups is 3. The largest absolute Gasteiger partial charge is 0.454 e. The maximum absolute atomic E-state index is 13.1. The fourth-order valence-corrected chi connectivity index (χ4v) is 6.42. The zero-order valence-corrected chi connectivity index (χ0v) is 17.0. The number of hydrogen-bond acceptors (Lipinski definition) is 4. The van der Waals surface area contributed by atoms with Crippen LogP contribution in [0.25, 0.3) is 0 Å². The molecule has 4 aliphatic carbocycles. The molecule has 4 bridgehead atoms. The average molecular weight is 402 g/mol. The average Bonchev–Trinajstić information content (AvgIpc) is 2.76. The Labute approximate surface area is 176 Å². The fraction of sp³-hybridized carbons (Fsp3) is 0.423. The lowest BCUT2D eigenvalue weighted by Gasteiger charge is -2.55. The van der Waals surface area contributed by atoms with Gasteiger partial charge in [0.05, 0.1) is 5.56 Å². The second-order valence-electron chi connectivity index (χ2n) is 9.44. The first-order valence-electron chi connectivity index (χ1n) is 10.9. The van der Waals surface area contributed by atoms with Gasteiger partial charge in [-0.3, -0.25) is 9.59 Å². The molecule has 0 radical (unpaired) electrons. The molecule has 4 nitrogen and oxygen atoms in total. The third-order valence-electron chi connectivity index (χ3n) is 7.39. The molecule has 154 valence electrons. The summed E-state index contributed by atoms with van der Waals surface area (Å²) >= 11 is 0. The highest BCUT2D eigenvalue weighted by Crippen LogP contribution is 2.60. The first kappa shape index (κ1) is 19.2. The van der Waals surface area contributed by atoms with Crippen molar-refractivity contribution in [3.05, 3.63) is 71.3 Å². The zero-order valence-electron chi connectivity index (χ0n) is 17.0. The molecule has 30 heavy (non-hydrogen) atoms. The molecule has 0 aliphatic heterocycles. The van der Waals surface area contributed by atoms with Crippen LogP contribution in [0.2, 0.25) is 0 Å². The Morgan fingerprint density at radius 3 is 1.90 bits per heavy atom. The van der Waals surface area contributed by atoms with Gasteiger partial charge in [0.2, 0.25) is 0 Å². The number of ether oxygens (including phenoxy) is 1. The van der Waals surface area contributed by atoms with Crippen LogP contribution in [0.1, 0.15) is 64.8 Å². The lowest BCUT2D eigenvalue weighted by atomic mass is 9.48. The van der Waals surface area contributed by atoms with Crippen LogP contribution in [0.3, 0.4) is 0 Å². The minimum Gasteiger partial charge on any atom is -0.454 e. The van der Waals surface area contributed by atoms with Crippen LogP contribution in [-0.4, -0.2) is 24.1 Å².